The molecule has 1 N–H and O–H groups in total. The molecule has 1 saturated carbocycles. The van der Waals surface area contributed by atoms with Gasteiger partial charge in [0.15, 0.2) is 0 Å². The molecule has 1 amide bonds. The fraction of sp³-hybridized carbons (Fsp3) is 0.588. The number of hydrogen-bond donors (Lipinski definition) is 1. The van der Waals surface area contributed by atoms with Gasteiger partial charge in [0, 0.05) is 37.8 Å². The first kappa shape index (κ1) is 16.2. The van der Waals surface area contributed by atoms with Crippen molar-refractivity contribution in [2.75, 3.05) is 31.4 Å². The van der Waals surface area contributed by atoms with Crippen LogP contribution in [0.1, 0.15) is 36.0 Å². The lowest BCUT2D eigenvalue weighted by molar-refractivity contribution is 0.0936. The van der Waals surface area contributed by atoms with Gasteiger partial charge >= 0.3 is 0 Å². The lowest BCUT2D eigenvalue weighted by Gasteiger charge is -2.30. The Bertz CT molecular complexity index is 476. The summed E-state index contributed by atoms with van der Waals surface area (Å²) < 4.78 is 0. The Kier molecular flexibility index (Phi) is 5.92. The summed E-state index contributed by atoms with van der Waals surface area (Å²) in [7, 11) is 3.95. The van der Waals surface area contributed by atoms with E-state index in [9.17, 15) is 4.79 Å². The normalized spacial score (nSPS) is 21.9. The van der Waals surface area contributed by atoms with Gasteiger partial charge in [-0.1, -0.05) is 18.9 Å². The number of carbonyl (C=O) groups excluding carboxylic acids is 1. The van der Waals surface area contributed by atoms with Crippen LogP contribution in [0.4, 0.5) is 5.69 Å². The van der Waals surface area contributed by atoms with Crippen molar-refractivity contribution in [2.24, 2.45) is 11.8 Å². The van der Waals surface area contributed by atoms with Crippen molar-refractivity contribution in [3.63, 3.8) is 0 Å². The van der Waals surface area contributed by atoms with Gasteiger partial charge in [-0.05, 0) is 42.9 Å². The highest BCUT2D eigenvalue weighted by Gasteiger charge is 2.24. The Morgan fingerprint density at radius 2 is 2.00 bits per heavy atom. The Morgan fingerprint density at radius 1 is 1.29 bits per heavy atom. The maximum atomic E-state index is 12.3. The molecular formula is C17H25ClN2O. The second-order valence-electron chi connectivity index (χ2n) is 6.11. The van der Waals surface area contributed by atoms with Gasteiger partial charge in [0.05, 0.1) is 0 Å². The molecule has 2 atom stereocenters. The largest absolute Gasteiger partial charge is 0.378 e. The predicted molar refractivity (Wildman–Crippen MR) is 89.3 cm³/mol. The first-order valence-electron chi connectivity index (χ1n) is 7.73. The minimum Gasteiger partial charge on any atom is -0.378 e. The van der Waals surface area contributed by atoms with Crippen LogP contribution in [0.2, 0.25) is 0 Å². The first-order chi connectivity index (χ1) is 10.1. The van der Waals surface area contributed by atoms with E-state index in [0.29, 0.717) is 17.7 Å². The zero-order chi connectivity index (χ0) is 15.2. The van der Waals surface area contributed by atoms with Crippen molar-refractivity contribution in [1.29, 1.82) is 0 Å². The zero-order valence-corrected chi connectivity index (χ0v) is 13.7. The summed E-state index contributed by atoms with van der Waals surface area (Å²) >= 11 is 6.04. The summed E-state index contributed by atoms with van der Waals surface area (Å²) in [5, 5.41) is 3.08. The van der Waals surface area contributed by atoms with E-state index in [4.69, 9.17) is 11.6 Å². The molecule has 21 heavy (non-hydrogen) atoms. The topological polar surface area (TPSA) is 32.3 Å². The number of carbonyl (C=O) groups is 1. The van der Waals surface area contributed by atoms with Crippen LogP contribution in [0.15, 0.2) is 24.3 Å². The molecule has 0 radical (unpaired) electrons. The molecule has 0 bridgehead atoms. The molecule has 1 fully saturated rings. The van der Waals surface area contributed by atoms with E-state index in [1.165, 1.54) is 25.7 Å². The third kappa shape index (κ3) is 4.37. The summed E-state index contributed by atoms with van der Waals surface area (Å²) in [5.41, 5.74) is 1.76. The van der Waals surface area contributed by atoms with Gasteiger partial charge in [-0.3, -0.25) is 4.79 Å². The maximum Gasteiger partial charge on any atom is 0.251 e. The Balaban J connectivity index is 1.93. The Labute approximate surface area is 132 Å². The molecule has 1 aromatic rings. The van der Waals surface area contributed by atoms with Crippen molar-refractivity contribution >= 4 is 23.2 Å². The van der Waals surface area contributed by atoms with Crippen LogP contribution in [0, 0.1) is 11.8 Å². The van der Waals surface area contributed by atoms with Crippen molar-refractivity contribution in [3.8, 4) is 0 Å². The number of nitrogens with one attached hydrogen (secondary N) is 1. The lowest BCUT2D eigenvalue weighted by Crippen LogP contribution is -2.34. The molecule has 0 aliphatic heterocycles. The summed E-state index contributed by atoms with van der Waals surface area (Å²) in [4.78, 5) is 14.3. The number of benzene rings is 1. The van der Waals surface area contributed by atoms with Gasteiger partial charge in [0.25, 0.3) is 5.91 Å². The minimum atomic E-state index is 0.0117. The number of amides is 1. The van der Waals surface area contributed by atoms with Gasteiger partial charge in [-0.2, -0.15) is 0 Å². The SMILES string of the molecule is CN(C)c1cccc(C(=O)NCC2CCCCC2CCl)c1. The van der Waals surface area contributed by atoms with E-state index >= 15 is 0 Å². The van der Waals surface area contributed by atoms with Gasteiger partial charge in [-0.25, -0.2) is 0 Å². The Morgan fingerprint density at radius 3 is 2.67 bits per heavy atom. The number of halogens is 1. The molecule has 0 saturated heterocycles. The maximum absolute atomic E-state index is 12.3. The van der Waals surface area contributed by atoms with E-state index in [2.05, 4.69) is 5.32 Å². The van der Waals surface area contributed by atoms with Crippen LogP contribution in [0.25, 0.3) is 0 Å². The molecule has 4 heteroatoms. The lowest BCUT2D eigenvalue weighted by atomic mass is 9.80. The van der Waals surface area contributed by atoms with Gasteiger partial charge < -0.3 is 10.2 Å². The molecule has 1 aliphatic rings. The van der Waals surface area contributed by atoms with Crippen molar-refractivity contribution in [2.45, 2.75) is 25.7 Å². The van der Waals surface area contributed by atoms with Gasteiger partial charge in [0.2, 0.25) is 0 Å². The van der Waals surface area contributed by atoms with Crippen LogP contribution in [0.5, 0.6) is 0 Å². The average Bonchev–Trinajstić information content (AvgIpc) is 2.52. The monoisotopic (exact) mass is 308 g/mol. The third-order valence-corrected chi connectivity index (χ3v) is 4.81. The van der Waals surface area contributed by atoms with E-state index < -0.39 is 0 Å². The van der Waals surface area contributed by atoms with E-state index in [1.54, 1.807) is 0 Å². The van der Waals surface area contributed by atoms with E-state index in [0.717, 1.165) is 17.8 Å². The molecule has 1 aromatic carbocycles. The van der Waals surface area contributed by atoms with Crippen LogP contribution in [-0.2, 0) is 0 Å². The second kappa shape index (κ2) is 7.69. The number of nitrogens with zero attached hydrogens (tertiary/aromatic N) is 1. The molecule has 0 aromatic heterocycles. The highest BCUT2D eigenvalue weighted by atomic mass is 35.5. The second-order valence-corrected chi connectivity index (χ2v) is 6.42. The fourth-order valence-electron chi connectivity index (χ4n) is 3.01. The standard InChI is InChI=1S/C17H25ClN2O/c1-20(2)16-9-5-8-13(10-16)17(21)19-12-15-7-4-3-6-14(15)11-18/h5,8-10,14-15H,3-4,6-7,11-12H2,1-2H3,(H,19,21). The zero-order valence-electron chi connectivity index (χ0n) is 12.9. The Hall–Kier alpha value is -1.22. The van der Waals surface area contributed by atoms with Crippen molar-refractivity contribution in [1.82, 2.24) is 5.32 Å². The highest BCUT2D eigenvalue weighted by Crippen LogP contribution is 2.30. The molecule has 0 heterocycles. The van der Waals surface area contributed by atoms with Crippen molar-refractivity contribution in [3.05, 3.63) is 29.8 Å². The van der Waals surface area contributed by atoms with Gasteiger partial charge in [-0.15, -0.1) is 11.6 Å². The summed E-state index contributed by atoms with van der Waals surface area (Å²) in [6.07, 6.45) is 4.90. The highest BCUT2D eigenvalue weighted by molar-refractivity contribution is 6.18. The molecule has 1 aliphatic carbocycles. The quantitative estimate of drug-likeness (QED) is 0.844. The number of alkyl halides is 1. The number of rotatable bonds is 5. The average molecular weight is 309 g/mol. The van der Waals surface area contributed by atoms with Crippen LogP contribution >= 0.6 is 11.6 Å². The first-order valence-corrected chi connectivity index (χ1v) is 8.27. The van der Waals surface area contributed by atoms with Crippen LogP contribution in [0.3, 0.4) is 0 Å². The molecular weight excluding hydrogens is 284 g/mol. The summed E-state index contributed by atoms with van der Waals surface area (Å²) in [6, 6.07) is 7.71. The van der Waals surface area contributed by atoms with Gasteiger partial charge in [0.1, 0.15) is 0 Å². The summed E-state index contributed by atoms with van der Waals surface area (Å²) in [5.74, 6) is 1.79. The molecule has 0 spiro atoms. The van der Waals surface area contributed by atoms with Crippen LogP contribution < -0.4 is 10.2 Å². The van der Waals surface area contributed by atoms with Crippen molar-refractivity contribution < 1.29 is 4.79 Å². The third-order valence-electron chi connectivity index (χ3n) is 4.41. The number of anilines is 1. The number of hydrogen-bond acceptors (Lipinski definition) is 2. The van der Waals surface area contributed by atoms with E-state index in [-0.39, 0.29) is 5.91 Å². The predicted octanol–water partition coefficient (Wildman–Crippen LogP) is 3.53. The molecule has 116 valence electrons. The molecule has 2 rings (SSSR count). The molecule has 3 nitrogen and oxygen atoms in total. The smallest absolute Gasteiger partial charge is 0.251 e. The fourth-order valence-corrected chi connectivity index (χ4v) is 3.41. The minimum absolute atomic E-state index is 0.0117. The summed E-state index contributed by atoms with van der Waals surface area (Å²) in [6.45, 7) is 0.739. The van der Waals surface area contributed by atoms with E-state index in [1.807, 2.05) is 43.3 Å². The van der Waals surface area contributed by atoms with Crippen LogP contribution in [-0.4, -0.2) is 32.4 Å². The molecule has 2 unspecified atom stereocenters.